The topological polar surface area (TPSA) is 155 Å². The standard InChI is InChI=1S/C26H28N8O4/c1-16(24-31-22(23(35)26(37)33(24)4)25(36)30-19-13-29-38-15-19)21(20-8-6-5-7-17(20)11-27)18-12-28-34(14-18)10-9-32(2)3/h5-8,12-16,21,35H,9-10H2,1-4H3,(H,30,36)/t16-,21+/m1/s1. The zero-order valence-corrected chi connectivity index (χ0v) is 21.5. The average Bonchev–Trinajstić information content (AvgIpc) is 3.59. The molecule has 1 amide bonds. The van der Waals surface area contributed by atoms with Crippen LogP contribution in [0.15, 0.2) is 58.4 Å². The molecule has 0 aliphatic heterocycles. The van der Waals surface area contributed by atoms with Crippen LogP contribution in [-0.4, -0.2) is 61.0 Å². The van der Waals surface area contributed by atoms with Crippen LogP contribution in [0.2, 0.25) is 0 Å². The summed E-state index contributed by atoms with van der Waals surface area (Å²) in [7, 11) is 5.44. The number of anilines is 1. The lowest BCUT2D eigenvalue weighted by molar-refractivity contribution is 0.101. The van der Waals surface area contributed by atoms with Crippen molar-refractivity contribution in [3.8, 4) is 11.8 Å². The van der Waals surface area contributed by atoms with Gasteiger partial charge in [0.2, 0.25) is 5.75 Å². The summed E-state index contributed by atoms with van der Waals surface area (Å²) in [6.07, 6.45) is 6.14. The summed E-state index contributed by atoms with van der Waals surface area (Å²) in [5, 5.41) is 30.9. The maximum absolute atomic E-state index is 13.0. The molecular formula is C26H28N8O4. The molecule has 38 heavy (non-hydrogen) atoms. The van der Waals surface area contributed by atoms with Crippen LogP contribution in [0.3, 0.4) is 0 Å². The van der Waals surface area contributed by atoms with Gasteiger partial charge in [0.15, 0.2) is 5.69 Å². The Kier molecular flexibility index (Phi) is 7.68. The number of nitriles is 1. The number of nitrogens with zero attached hydrogens (tertiary/aromatic N) is 7. The van der Waals surface area contributed by atoms with Gasteiger partial charge in [-0.05, 0) is 31.3 Å². The van der Waals surface area contributed by atoms with E-state index in [-0.39, 0.29) is 11.5 Å². The number of amides is 1. The van der Waals surface area contributed by atoms with Gasteiger partial charge in [-0.2, -0.15) is 10.4 Å². The summed E-state index contributed by atoms with van der Waals surface area (Å²) < 4.78 is 7.76. The third-order valence-corrected chi connectivity index (χ3v) is 6.32. The Labute approximate surface area is 218 Å². The first-order valence-electron chi connectivity index (χ1n) is 11.9. The molecule has 0 saturated heterocycles. The normalized spacial score (nSPS) is 12.7. The maximum Gasteiger partial charge on any atom is 0.296 e. The molecule has 0 fully saturated rings. The zero-order valence-electron chi connectivity index (χ0n) is 21.5. The Morgan fingerprint density at radius 1 is 1.29 bits per heavy atom. The van der Waals surface area contributed by atoms with E-state index in [1.54, 1.807) is 18.3 Å². The van der Waals surface area contributed by atoms with Crippen molar-refractivity contribution in [3.63, 3.8) is 0 Å². The summed E-state index contributed by atoms with van der Waals surface area (Å²) in [6.45, 7) is 3.31. The number of aromatic nitrogens is 5. The molecule has 12 heteroatoms. The molecule has 0 aliphatic rings. The summed E-state index contributed by atoms with van der Waals surface area (Å²) in [6, 6.07) is 9.46. The molecular weight excluding hydrogens is 488 g/mol. The molecule has 2 atom stereocenters. The van der Waals surface area contributed by atoms with E-state index < -0.39 is 34.7 Å². The number of hydrogen-bond donors (Lipinski definition) is 2. The second-order valence-electron chi connectivity index (χ2n) is 9.20. The van der Waals surface area contributed by atoms with E-state index in [4.69, 9.17) is 4.52 Å². The van der Waals surface area contributed by atoms with Crippen molar-refractivity contribution < 1.29 is 14.4 Å². The smallest absolute Gasteiger partial charge is 0.296 e. The SMILES string of the molecule is C[C@@H](c1nc(C(=O)Nc2cnoc2)c(O)c(=O)n1C)[C@@H](c1cnn(CCN(C)C)c1)c1ccccc1C#N. The fourth-order valence-electron chi connectivity index (χ4n) is 4.35. The van der Waals surface area contributed by atoms with Gasteiger partial charge in [0.1, 0.15) is 17.8 Å². The van der Waals surface area contributed by atoms with Crippen LogP contribution in [0.5, 0.6) is 5.75 Å². The van der Waals surface area contributed by atoms with Gasteiger partial charge in [0.25, 0.3) is 11.5 Å². The summed E-state index contributed by atoms with van der Waals surface area (Å²) in [4.78, 5) is 32.4. The first-order chi connectivity index (χ1) is 18.2. The van der Waals surface area contributed by atoms with E-state index in [1.807, 2.05) is 44.0 Å². The molecule has 4 rings (SSSR count). The first-order valence-corrected chi connectivity index (χ1v) is 11.9. The monoisotopic (exact) mass is 516 g/mol. The zero-order chi connectivity index (χ0) is 27.4. The van der Waals surface area contributed by atoms with E-state index in [2.05, 4.69) is 31.5 Å². The number of likely N-dealkylation sites (N-methyl/N-ethyl adjacent to an activating group) is 1. The first kappa shape index (κ1) is 26.3. The van der Waals surface area contributed by atoms with Crippen molar-refractivity contribution in [2.75, 3.05) is 26.0 Å². The highest BCUT2D eigenvalue weighted by Crippen LogP contribution is 2.39. The lowest BCUT2D eigenvalue weighted by Crippen LogP contribution is -2.29. The lowest BCUT2D eigenvalue weighted by atomic mass is 9.80. The molecule has 196 valence electrons. The summed E-state index contributed by atoms with van der Waals surface area (Å²) >= 11 is 0. The van der Waals surface area contributed by atoms with Crippen molar-refractivity contribution >= 4 is 11.6 Å². The quantitative estimate of drug-likeness (QED) is 0.341. The molecule has 12 nitrogen and oxygen atoms in total. The van der Waals surface area contributed by atoms with Gasteiger partial charge >= 0.3 is 0 Å². The number of carbonyl (C=O) groups is 1. The molecule has 3 aromatic heterocycles. The van der Waals surface area contributed by atoms with E-state index in [0.29, 0.717) is 12.1 Å². The van der Waals surface area contributed by atoms with Gasteiger partial charge in [-0.15, -0.1) is 0 Å². The van der Waals surface area contributed by atoms with Gasteiger partial charge in [-0.25, -0.2) is 4.98 Å². The highest BCUT2D eigenvalue weighted by atomic mass is 16.5. The Bertz CT molecular complexity index is 1530. The Hall–Kier alpha value is -4.76. The highest BCUT2D eigenvalue weighted by molar-refractivity contribution is 6.04. The van der Waals surface area contributed by atoms with Gasteiger partial charge in [0, 0.05) is 31.6 Å². The number of hydrogen-bond acceptors (Lipinski definition) is 9. The van der Waals surface area contributed by atoms with Crippen LogP contribution >= 0.6 is 0 Å². The summed E-state index contributed by atoms with van der Waals surface area (Å²) in [5.74, 6) is -2.25. The minimum atomic E-state index is -0.790. The van der Waals surface area contributed by atoms with Crippen molar-refractivity contribution in [2.45, 2.75) is 25.3 Å². The molecule has 0 unspecified atom stereocenters. The van der Waals surface area contributed by atoms with Crippen LogP contribution in [0, 0.1) is 11.3 Å². The fourth-order valence-corrected chi connectivity index (χ4v) is 4.35. The summed E-state index contributed by atoms with van der Waals surface area (Å²) in [5.41, 5.74) is 1.07. The number of aromatic hydroxyl groups is 1. The van der Waals surface area contributed by atoms with Crippen molar-refractivity contribution in [2.24, 2.45) is 7.05 Å². The average molecular weight is 517 g/mol. The predicted octanol–water partition coefficient (Wildman–Crippen LogP) is 2.29. The van der Waals surface area contributed by atoms with Gasteiger partial charge in [-0.3, -0.25) is 18.8 Å². The minimum absolute atomic E-state index is 0.248. The van der Waals surface area contributed by atoms with Crippen LogP contribution in [-0.2, 0) is 13.6 Å². The maximum atomic E-state index is 13.0. The third-order valence-electron chi connectivity index (χ3n) is 6.32. The molecule has 0 bridgehead atoms. The van der Waals surface area contributed by atoms with Gasteiger partial charge < -0.3 is 19.8 Å². The molecule has 0 spiro atoms. The van der Waals surface area contributed by atoms with Crippen LogP contribution in [0.25, 0.3) is 0 Å². The molecule has 0 radical (unpaired) electrons. The molecule has 2 N–H and O–H groups in total. The van der Waals surface area contributed by atoms with Crippen LogP contribution < -0.4 is 10.9 Å². The highest BCUT2D eigenvalue weighted by Gasteiger charge is 2.31. The Morgan fingerprint density at radius 3 is 2.74 bits per heavy atom. The molecule has 4 aromatic rings. The number of carbonyl (C=O) groups excluding carboxylic acids is 1. The van der Waals surface area contributed by atoms with Crippen LogP contribution in [0.4, 0.5) is 5.69 Å². The number of benzene rings is 1. The molecule has 0 aliphatic carbocycles. The predicted molar refractivity (Wildman–Crippen MR) is 138 cm³/mol. The second-order valence-corrected chi connectivity index (χ2v) is 9.20. The lowest BCUT2D eigenvalue weighted by Gasteiger charge is -2.26. The Balaban J connectivity index is 1.81. The second kappa shape index (κ2) is 11.1. The van der Waals surface area contributed by atoms with E-state index in [9.17, 15) is 20.0 Å². The van der Waals surface area contributed by atoms with E-state index >= 15 is 0 Å². The van der Waals surface area contributed by atoms with Crippen molar-refractivity contribution in [1.29, 1.82) is 5.26 Å². The van der Waals surface area contributed by atoms with Crippen molar-refractivity contribution in [3.05, 3.63) is 87.7 Å². The van der Waals surface area contributed by atoms with Crippen molar-refractivity contribution in [1.82, 2.24) is 29.4 Å². The number of nitrogens with one attached hydrogen (secondary N) is 1. The van der Waals surface area contributed by atoms with Gasteiger partial charge in [0.05, 0.1) is 30.6 Å². The fraction of sp³-hybridized carbons (Fsp3) is 0.308. The third kappa shape index (κ3) is 5.33. The van der Waals surface area contributed by atoms with E-state index in [1.165, 1.54) is 24.1 Å². The largest absolute Gasteiger partial charge is 0.501 e. The van der Waals surface area contributed by atoms with Gasteiger partial charge in [-0.1, -0.05) is 30.3 Å². The Morgan fingerprint density at radius 2 is 2.05 bits per heavy atom. The van der Waals surface area contributed by atoms with Crippen LogP contribution in [0.1, 0.15) is 51.8 Å². The minimum Gasteiger partial charge on any atom is -0.501 e. The van der Waals surface area contributed by atoms with E-state index in [0.717, 1.165) is 17.7 Å². The molecule has 1 aromatic carbocycles. The number of rotatable bonds is 9. The molecule has 3 heterocycles. The molecule has 0 saturated carbocycles.